The summed E-state index contributed by atoms with van der Waals surface area (Å²) in [7, 11) is 0. The fourth-order valence-corrected chi connectivity index (χ4v) is 2.44. The fraction of sp³-hybridized carbons (Fsp3) is 0.929. The third-order valence-corrected chi connectivity index (χ3v) is 3.69. The first-order valence-corrected chi connectivity index (χ1v) is 6.83. The molecule has 2 unspecified atom stereocenters. The fourth-order valence-electron chi connectivity index (χ4n) is 2.44. The Morgan fingerprint density at radius 3 is 2.75 bits per heavy atom. The molecule has 0 bridgehead atoms. The minimum atomic E-state index is 0.277. The normalized spacial score (nSPS) is 24.9. The molecule has 0 aromatic heterocycles. The number of rotatable bonds is 8. The van der Waals surface area contributed by atoms with Crippen molar-refractivity contribution < 1.29 is 9.53 Å². The molecule has 0 aromatic carbocycles. The van der Waals surface area contributed by atoms with Gasteiger partial charge < -0.3 is 4.74 Å². The first-order chi connectivity index (χ1) is 7.74. The molecule has 2 nitrogen and oxygen atoms in total. The van der Waals surface area contributed by atoms with E-state index in [2.05, 4.69) is 13.8 Å². The third-order valence-electron chi connectivity index (χ3n) is 3.69. The second kappa shape index (κ2) is 7.83. The lowest BCUT2D eigenvalue weighted by Gasteiger charge is -2.14. The van der Waals surface area contributed by atoms with Crippen LogP contribution in [0.4, 0.5) is 0 Å². The van der Waals surface area contributed by atoms with Crippen LogP contribution in [0.2, 0.25) is 0 Å². The predicted octanol–water partition coefficient (Wildman–Crippen LogP) is 3.59. The number of ether oxygens (including phenoxy) is 1. The summed E-state index contributed by atoms with van der Waals surface area (Å²) in [6, 6.07) is 0. The Morgan fingerprint density at radius 2 is 2.12 bits per heavy atom. The van der Waals surface area contributed by atoms with Crippen LogP contribution in [0.25, 0.3) is 0 Å². The largest absolute Gasteiger partial charge is 0.373 e. The zero-order valence-electron chi connectivity index (χ0n) is 10.8. The van der Waals surface area contributed by atoms with Crippen molar-refractivity contribution in [2.45, 2.75) is 58.8 Å². The van der Waals surface area contributed by atoms with E-state index < -0.39 is 0 Å². The second-order valence-electron chi connectivity index (χ2n) is 5.18. The van der Waals surface area contributed by atoms with Gasteiger partial charge in [-0.3, -0.25) is 4.79 Å². The number of hydrogen-bond acceptors (Lipinski definition) is 2. The predicted molar refractivity (Wildman–Crippen MR) is 66.5 cm³/mol. The van der Waals surface area contributed by atoms with Crippen molar-refractivity contribution >= 4 is 5.78 Å². The average molecular weight is 226 g/mol. The van der Waals surface area contributed by atoms with Crippen molar-refractivity contribution in [3.05, 3.63) is 0 Å². The maximum atomic E-state index is 11.4. The highest BCUT2D eigenvalue weighted by Gasteiger charge is 2.23. The molecule has 0 N–H and O–H groups in total. The lowest BCUT2D eigenvalue weighted by Crippen LogP contribution is -2.16. The van der Waals surface area contributed by atoms with E-state index in [1.807, 2.05) is 0 Å². The summed E-state index contributed by atoms with van der Waals surface area (Å²) in [5.74, 6) is 1.76. The molecule has 0 saturated heterocycles. The zero-order valence-corrected chi connectivity index (χ0v) is 10.8. The van der Waals surface area contributed by atoms with Gasteiger partial charge in [0.05, 0.1) is 6.61 Å². The number of Topliss-reactive ketones (excluding diaryl/α,β-unsaturated/α-hetero) is 1. The van der Waals surface area contributed by atoms with Gasteiger partial charge in [0, 0.05) is 6.42 Å². The molecule has 1 saturated carbocycles. The van der Waals surface area contributed by atoms with Gasteiger partial charge in [0.1, 0.15) is 6.61 Å². The monoisotopic (exact) mass is 226 g/mol. The van der Waals surface area contributed by atoms with Gasteiger partial charge in [0.25, 0.3) is 0 Å². The van der Waals surface area contributed by atoms with Crippen LogP contribution in [-0.4, -0.2) is 19.0 Å². The van der Waals surface area contributed by atoms with Crippen molar-refractivity contribution in [1.82, 2.24) is 0 Å². The Balaban J connectivity index is 1.99. The molecule has 0 amide bonds. The molecular formula is C14H26O2. The lowest BCUT2D eigenvalue weighted by atomic mass is 9.99. The molecule has 1 rings (SSSR count). The van der Waals surface area contributed by atoms with Crippen LogP contribution < -0.4 is 0 Å². The van der Waals surface area contributed by atoms with Gasteiger partial charge in [-0.1, -0.05) is 39.5 Å². The van der Waals surface area contributed by atoms with Crippen molar-refractivity contribution in [2.75, 3.05) is 13.2 Å². The molecule has 1 aliphatic carbocycles. The number of ketones is 1. The molecule has 0 heterocycles. The van der Waals surface area contributed by atoms with E-state index >= 15 is 0 Å². The first kappa shape index (κ1) is 13.7. The molecule has 0 aliphatic heterocycles. The van der Waals surface area contributed by atoms with E-state index in [-0.39, 0.29) is 5.78 Å². The Kier molecular flexibility index (Phi) is 6.70. The van der Waals surface area contributed by atoms with Gasteiger partial charge in [0.15, 0.2) is 5.78 Å². The molecule has 94 valence electrons. The molecule has 16 heavy (non-hydrogen) atoms. The molecule has 0 aromatic rings. The number of carbonyl (C=O) groups excluding carboxylic acids is 1. The molecule has 0 spiro atoms. The van der Waals surface area contributed by atoms with Crippen LogP contribution >= 0.6 is 0 Å². The van der Waals surface area contributed by atoms with Gasteiger partial charge in [0.2, 0.25) is 0 Å². The summed E-state index contributed by atoms with van der Waals surface area (Å²) in [5.41, 5.74) is 0. The van der Waals surface area contributed by atoms with E-state index in [0.29, 0.717) is 18.9 Å². The van der Waals surface area contributed by atoms with Gasteiger partial charge >= 0.3 is 0 Å². The summed E-state index contributed by atoms with van der Waals surface area (Å²) in [6.07, 6.45) is 8.01. The summed E-state index contributed by atoms with van der Waals surface area (Å²) < 4.78 is 5.53. The van der Waals surface area contributed by atoms with Crippen molar-refractivity contribution in [1.29, 1.82) is 0 Å². The summed E-state index contributed by atoms with van der Waals surface area (Å²) in [4.78, 5) is 11.4. The Hall–Kier alpha value is -0.370. The number of hydrogen-bond donors (Lipinski definition) is 0. The van der Waals surface area contributed by atoms with Crippen molar-refractivity contribution in [2.24, 2.45) is 11.8 Å². The van der Waals surface area contributed by atoms with E-state index in [9.17, 15) is 4.79 Å². The topological polar surface area (TPSA) is 26.3 Å². The highest BCUT2D eigenvalue weighted by Crippen LogP contribution is 2.31. The van der Waals surface area contributed by atoms with Gasteiger partial charge in [-0.15, -0.1) is 0 Å². The van der Waals surface area contributed by atoms with Gasteiger partial charge in [-0.25, -0.2) is 0 Å². The molecule has 1 fully saturated rings. The summed E-state index contributed by atoms with van der Waals surface area (Å²) in [5, 5.41) is 0. The van der Waals surface area contributed by atoms with E-state index in [4.69, 9.17) is 4.74 Å². The van der Waals surface area contributed by atoms with Gasteiger partial charge in [-0.05, 0) is 24.7 Å². The first-order valence-electron chi connectivity index (χ1n) is 6.83. The van der Waals surface area contributed by atoms with E-state index in [1.54, 1.807) is 0 Å². The second-order valence-corrected chi connectivity index (χ2v) is 5.18. The standard InChI is InChI=1S/C14H26O2/c1-3-4-5-9-14(15)11-16-10-13-8-6-7-12(13)2/h12-13H,3-11H2,1-2H3. The van der Waals surface area contributed by atoms with E-state index in [1.165, 1.54) is 25.7 Å². The quantitative estimate of drug-likeness (QED) is 0.591. The zero-order chi connectivity index (χ0) is 11.8. The van der Waals surface area contributed by atoms with Crippen molar-refractivity contribution in [3.8, 4) is 0 Å². The minimum absolute atomic E-state index is 0.277. The van der Waals surface area contributed by atoms with Crippen LogP contribution in [0.3, 0.4) is 0 Å². The summed E-state index contributed by atoms with van der Waals surface area (Å²) in [6.45, 7) is 5.58. The average Bonchev–Trinajstić information content (AvgIpc) is 2.65. The third kappa shape index (κ3) is 5.11. The van der Waals surface area contributed by atoms with E-state index in [0.717, 1.165) is 25.4 Å². The molecule has 2 heteroatoms. The van der Waals surface area contributed by atoms with Crippen LogP contribution in [0.15, 0.2) is 0 Å². The Labute approximate surface area is 99.8 Å². The lowest BCUT2D eigenvalue weighted by molar-refractivity contribution is -0.124. The van der Waals surface area contributed by atoms with Crippen LogP contribution in [0.5, 0.6) is 0 Å². The Morgan fingerprint density at radius 1 is 1.31 bits per heavy atom. The maximum Gasteiger partial charge on any atom is 0.158 e. The molecular weight excluding hydrogens is 200 g/mol. The molecule has 0 radical (unpaired) electrons. The molecule has 1 aliphatic rings. The summed E-state index contributed by atoms with van der Waals surface area (Å²) >= 11 is 0. The highest BCUT2D eigenvalue weighted by molar-refractivity contribution is 5.79. The SMILES string of the molecule is CCCCCC(=O)COCC1CCCC1C. The van der Waals surface area contributed by atoms with Crippen LogP contribution in [-0.2, 0) is 9.53 Å². The van der Waals surface area contributed by atoms with Gasteiger partial charge in [-0.2, -0.15) is 0 Å². The Bertz CT molecular complexity index is 201. The number of unbranched alkanes of at least 4 members (excludes halogenated alkanes) is 2. The smallest absolute Gasteiger partial charge is 0.158 e. The minimum Gasteiger partial charge on any atom is -0.373 e. The molecule has 2 atom stereocenters. The number of carbonyl (C=O) groups is 1. The highest BCUT2D eigenvalue weighted by atomic mass is 16.5. The van der Waals surface area contributed by atoms with Crippen molar-refractivity contribution in [3.63, 3.8) is 0 Å². The van der Waals surface area contributed by atoms with Crippen LogP contribution in [0.1, 0.15) is 58.8 Å². The van der Waals surface area contributed by atoms with Crippen LogP contribution in [0, 0.1) is 11.8 Å². The maximum absolute atomic E-state index is 11.4.